The van der Waals surface area contributed by atoms with Gasteiger partial charge >= 0.3 is 5.69 Å². The van der Waals surface area contributed by atoms with E-state index < -0.39 is 10.8 Å². The summed E-state index contributed by atoms with van der Waals surface area (Å²) in [4.78, 5) is 26.7. The molecule has 2 N–H and O–H groups in total. The Labute approximate surface area is 120 Å². The molecule has 1 amide bonds. The van der Waals surface area contributed by atoms with E-state index in [9.17, 15) is 14.9 Å². The van der Waals surface area contributed by atoms with Crippen LogP contribution in [0.25, 0.3) is 0 Å². The monoisotopic (exact) mass is 290 g/mol. The van der Waals surface area contributed by atoms with Gasteiger partial charge in [0.2, 0.25) is 5.95 Å². The summed E-state index contributed by atoms with van der Waals surface area (Å²) < 4.78 is 1.36. The van der Waals surface area contributed by atoms with E-state index in [0.29, 0.717) is 12.2 Å². The van der Waals surface area contributed by atoms with Crippen LogP contribution < -0.4 is 10.6 Å². The van der Waals surface area contributed by atoms with Gasteiger partial charge in [0.25, 0.3) is 5.91 Å². The average Bonchev–Trinajstić information content (AvgIpc) is 2.84. The largest absolute Gasteiger partial charge is 0.380 e. The van der Waals surface area contributed by atoms with Crippen molar-refractivity contribution >= 4 is 23.2 Å². The van der Waals surface area contributed by atoms with Crippen molar-refractivity contribution in [2.75, 3.05) is 17.2 Å². The van der Waals surface area contributed by atoms with E-state index in [1.807, 2.05) is 6.92 Å². The Balaban J connectivity index is 2.38. The van der Waals surface area contributed by atoms with Crippen molar-refractivity contribution in [3.05, 3.63) is 40.2 Å². The number of hydrogen-bond donors (Lipinski definition) is 2. The summed E-state index contributed by atoms with van der Waals surface area (Å²) in [5.41, 5.74) is -0.00594. The molecule has 0 aliphatic rings. The SMILES string of the molecule is CCNc1cccc(C(=O)Nc2ncnn2C)c1[N+](=O)[O-]. The summed E-state index contributed by atoms with van der Waals surface area (Å²) in [6, 6.07) is 4.53. The number of nitro benzene ring substituents is 1. The number of nitrogens with zero attached hydrogens (tertiary/aromatic N) is 4. The molecule has 2 rings (SSSR count). The molecule has 21 heavy (non-hydrogen) atoms. The van der Waals surface area contributed by atoms with Crippen LogP contribution in [0.5, 0.6) is 0 Å². The molecule has 1 heterocycles. The third-order valence-corrected chi connectivity index (χ3v) is 2.77. The molecular formula is C12H14N6O3. The standard InChI is InChI=1S/C12H14N6O3/c1-3-13-9-6-4-5-8(10(9)18(20)21)11(19)16-12-14-7-15-17(12)2/h4-7,13H,3H2,1-2H3,(H,14,15,16,19). The first-order valence-electron chi connectivity index (χ1n) is 6.21. The van der Waals surface area contributed by atoms with Crippen LogP contribution in [0.4, 0.5) is 17.3 Å². The number of nitrogens with one attached hydrogen (secondary N) is 2. The van der Waals surface area contributed by atoms with Gasteiger partial charge in [0, 0.05) is 13.6 Å². The lowest BCUT2D eigenvalue weighted by atomic mass is 10.1. The lowest BCUT2D eigenvalue weighted by Gasteiger charge is -2.09. The molecule has 1 aromatic heterocycles. The number of anilines is 2. The normalized spacial score (nSPS) is 10.2. The van der Waals surface area contributed by atoms with Gasteiger partial charge in [-0.05, 0) is 19.1 Å². The zero-order chi connectivity index (χ0) is 15.4. The Morgan fingerprint density at radius 1 is 1.48 bits per heavy atom. The summed E-state index contributed by atoms with van der Waals surface area (Å²) in [5.74, 6) is -0.402. The fraction of sp³-hybridized carbons (Fsp3) is 0.250. The third-order valence-electron chi connectivity index (χ3n) is 2.77. The van der Waals surface area contributed by atoms with Gasteiger partial charge in [0.05, 0.1) is 4.92 Å². The number of nitro groups is 1. The average molecular weight is 290 g/mol. The number of hydrogen-bond acceptors (Lipinski definition) is 6. The maximum absolute atomic E-state index is 12.2. The first kappa shape index (κ1) is 14.4. The highest BCUT2D eigenvalue weighted by Gasteiger charge is 2.25. The molecule has 9 nitrogen and oxygen atoms in total. The number of rotatable bonds is 5. The van der Waals surface area contributed by atoms with Crippen LogP contribution >= 0.6 is 0 Å². The van der Waals surface area contributed by atoms with E-state index in [2.05, 4.69) is 20.7 Å². The third kappa shape index (κ3) is 2.96. The maximum atomic E-state index is 12.2. The van der Waals surface area contributed by atoms with E-state index in [1.54, 1.807) is 19.2 Å². The van der Waals surface area contributed by atoms with Gasteiger partial charge in [0.15, 0.2) is 0 Å². The predicted molar refractivity (Wildman–Crippen MR) is 76.2 cm³/mol. The second kappa shape index (κ2) is 5.99. The van der Waals surface area contributed by atoms with Gasteiger partial charge in [-0.15, -0.1) is 0 Å². The van der Waals surface area contributed by atoms with E-state index in [4.69, 9.17) is 0 Å². The van der Waals surface area contributed by atoms with E-state index >= 15 is 0 Å². The van der Waals surface area contributed by atoms with Gasteiger partial charge in [0.1, 0.15) is 17.6 Å². The van der Waals surface area contributed by atoms with Crippen molar-refractivity contribution in [3.63, 3.8) is 0 Å². The number of benzene rings is 1. The molecular weight excluding hydrogens is 276 g/mol. The molecule has 0 unspecified atom stereocenters. The van der Waals surface area contributed by atoms with Crippen LogP contribution in [-0.4, -0.2) is 32.1 Å². The molecule has 0 saturated carbocycles. The number of aromatic nitrogens is 3. The summed E-state index contributed by atoms with van der Waals surface area (Å²) in [6.45, 7) is 2.32. The number of amides is 1. The van der Waals surface area contributed by atoms with Crippen molar-refractivity contribution in [2.24, 2.45) is 7.05 Å². The molecule has 9 heteroatoms. The Morgan fingerprint density at radius 2 is 2.24 bits per heavy atom. The van der Waals surface area contributed by atoms with Crippen molar-refractivity contribution in [1.82, 2.24) is 14.8 Å². The van der Waals surface area contributed by atoms with Gasteiger partial charge < -0.3 is 5.32 Å². The minimum atomic E-state index is -0.613. The van der Waals surface area contributed by atoms with E-state index in [0.717, 1.165) is 0 Å². The van der Waals surface area contributed by atoms with Gasteiger partial charge in [-0.3, -0.25) is 20.2 Å². The van der Waals surface area contributed by atoms with E-state index in [1.165, 1.54) is 17.1 Å². The minimum absolute atomic E-state index is 0.0403. The Bertz CT molecular complexity index is 681. The highest BCUT2D eigenvalue weighted by Crippen LogP contribution is 2.29. The molecule has 1 aromatic carbocycles. The predicted octanol–water partition coefficient (Wildman–Crippen LogP) is 1.41. The van der Waals surface area contributed by atoms with Crippen molar-refractivity contribution < 1.29 is 9.72 Å². The Kier molecular flexibility index (Phi) is 4.12. The second-order valence-electron chi connectivity index (χ2n) is 4.15. The molecule has 0 saturated heterocycles. The molecule has 0 fully saturated rings. The van der Waals surface area contributed by atoms with Gasteiger partial charge in [-0.25, -0.2) is 4.68 Å². The summed E-state index contributed by atoms with van der Waals surface area (Å²) in [6.07, 6.45) is 1.28. The highest BCUT2D eigenvalue weighted by atomic mass is 16.6. The maximum Gasteiger partial charge on any atom is 0.305 e. The molecule has 0 spiro atoms. The Hall–Kier alpha value is -2.97. The first-order chi connectivity index (χ1) is 10.0. The van der Waals surface area contributed by atoms with Crippen LogP contribution in [0.15, 0.2) is 24.5 Å². The fourth-order valence-electron chi connectivity index (χ4n) is 1.83. The van der Waals surface area contributed by atoms with Crippen LogP contribution in [0, 0.1) is 10.1 Å². The summed E-state index contributed by atoms with van der Waals surface area (Å²) >= 11 is 0. The first-order valence-corrected chi connectivity index (χ1v) is 6.21. The summed E-state index contributed by atoms with van der Waals surface area (Å²) in [5, 5.41) is 20.4. The molecule has 110 valence electrons. The van der Waals surface area contributed by atoms with Crippen molar-refractivity contribution in [2.45, 2.75) is 6.92 Å². The number of carbonyl (C=O) groups excluding carboxylic acids is 1. The lowest BCUT2D eigenvalue weighted by Crippen LogP contribution is -2.17. The zero-order valence-corrected chi connectivity index (χ0v) is 11.5. The van der Waals surface area contributed by atoms with E-state index in [-0.39, 0.29) is 17.2 Å². The van der Waals surface area contributed by atoms with Crippen LogP contribution in [0.1, 0.15) is 17.3 Å². The Morgan fingerprint density at radius 3 is 2.81 bits per heavy atom. The fourth-order valence-corrected chi connectivity index (χ4v) is 1.83. The topological polar surface area (TPSA) is 115 Å². The molecule has 0 radical (unpaired) electrons. The molecule has 0 aliphatic heterocycles. The minimum Gasteiger partial charge on any atom is -0.380 e. The zero-order valence-electron chi connectivity index (χ0n) is 11.5. The van der Waals surface area contributed by atoms with Crippen LogP contribution in [0.2, 0.25) is 0 Å². The highest BCUT2D eigenvalue weighted by molar-refractivity contribution is 6.07. The summed E-state index contributed by atoms with van der Waals surface area (Å²) in [7, 11) is 1.60. The molecule has 0 aliphatic carbocycles. The number of carbonyl (C=O) groups is 1. The van der Waals surface area contributed by atoms with Crippen LogP contribution in [-0.2, 0) is 7.05 Å². The quantitative estimate of drug-likeness (QED) is 0.635. The molecule has 2 aromatic rings. The van der Waals surface area contributed by atoms with Crippen molar-refractivity contribution in [3.8, 4) is 0 Å². The number of aryl methyl sites for hydroxylation is 1. The van der Waals surface area contributed by atoms with Gasteiger partial charge in [-0.1, -0.05) is 6.07 Å². The lowest BCUT2D eigenvalue weighted by molar-refractivity contribution is -0.384. The molecule has 0 atom stereocenters. The van der Waals surface area contributed by atoms with Crippen LogP contribution in [0.3, 0.4) is 0 Å². The smallest absolute Gasteiger partial charge is 0.305 e. The molecule has 0 bridgehead atoms. The number of para-hydroxylation sites is 1. The van der Waals surface area contributed by atoms with Crippen molar-refractivity contribution in [1.29, 1.82) is 0 Å². The van der Waals surface area contributed by atoms with Gasteiger partial charge in [-0.2, -0.15) is 10.1 Å². The second-order valence-corrected chi connectivity index (χ2v) is 4.15.